The van der Waals surface area contributed by atoms with Crippen LogP contribution in [0.1, 0.15) is 32.3 Å². The van der Waals surface area contributed by atoms with Crippen LogP contribution in [-0.2, 0) is 26.2 Å². The number of carbonyl (C=O) groups excluding carboxylic acids is 2. The number of nitrogens with zero attached hydrogens (tertiary/aromatic N) is 2. The van der Waals surface area contributed by atoms with Crippen molar-refractivity contribution in [1.82, 2.24) is 10.2 Å². The number of para-hydroxylation sites is 1. The van der Waals surface area contributed by atoms with Crippen molar-refractivity contribution in [3.8, 4) is 11.5 Å². The van der Waals surface area contributed by atoms with Gasteiger partial charge in [-0.05, 0) is 79.6 Å². The highest BCUT2D eigenvalue weighted by Crippen LogP contribution is 2.28. The largest absolute Gasteiger partial charge is 0.457 e. The van der Waals surface area contributed by atoms with Crippen LogP contribution in [0.5, 0.6) is 11.5 Å². The molecule has 0 aromatic heterocycles. The van der Waals surface area contributed by atoms with Crippen LogP contribution in [0, 0.1) is 0 Å². The molecule has 4 aromatic rings. The molecule has 0 fully saturated rings. The number of carbonyl (C=O) groups is 2. The van der Waals surface area contributed by atoms with E-state index >= 15 is 0 Å². The van der Waals surface area contributed by atoms with Crippen molar-refractivity contribution < 1.29 is 22.7 Å². The summed E-state index contributed by atoms with van der Waals surface area (Å²) in [6.45, 7) is 3.79. The number of unbranched alkanes of at least 4 members (excludes halogenated alkanes) is 1. The van der Waals surface area contributed by atoms with Crippen molar-refractivity contribution in [3.63, 3.8) is 0 Å². The number of anilines is 1. The van der Waals surface area contributed by atoms with Gasteiger partial charge in [-0.2, -0.15) is 0 Å². The summed E-state index contributed by atoms with van der Waals surface area (Å²) in [6, 6.07) is 30.3. The van der Waals surface area contributed by atoms with E-state index in [0.29, 0.717) is 18.0 Å². The molecule has 0 saturated heterocycles. The number of sulfonamides is 1. The number of nitrogens with one attached hydrogen (secondary N) is 1. The average molecular weight is 679 g/mol. The molecule has 10 heteroatoms. The maximum absolute atomic E-state index is 14.1. The van der Waals surface area contributed by atoms with Crippen LogP contribution in [0.3, 0.4) is 0 Å². The normalized spacial score (nSPS) is 11.8. The molecule has 0 aliphatic rings. The molecule has 2 amide bonds. The number of amides is 2. The van der Waals surface area contributed by atoms with E-state index < -0.39 is 28.5 Å². The van der Waals surface area contributed by atoms with E-state index in [-0.39, 0.29) is 23.0 Å². The zero-order chi connectivity index (χ0) is 31.5. The van der Waals surface area contributed by atoms with Gasteiger partial charge in [-0.3, -0.25) is 13.9 Å². The lowest BCUT2D eigenvalue weighted by Gasteiger charge is -2.32. The van der Waals surface area contributed by atoms with Gasteiger partial charge in [0.2, 0.25) is 11.8 Å². The van der Waals surface area contributed by atoms with Crippen LogP contribution in [0.25, 0.3) is 0 Å². The highest BCUT2D eigenvalue weighted by Gasteiger charge is 2.32. The van der Waals surface area contributed by atoms with E-state index in [1.165, 1.54) is 17.0 Å². The maximum atomic E-state index is 14.1. The molecule has 0 saturated carbocycles. The summed E-state index contributed by atoms with van der Waals surface area (Å²) in [5.74, 6) is 0.329. The van der Waals surface area contributed by atoms with Crippen LogP contribution in [-0.4, -0.2) is 44.3 Å². The summed E-state index contributed by atoms with van der Waals surface area (Å²) in [5.41, 5.74) is 1.08. The fourth-order valence-corrected chi connectivity index (χ4v) is 6.16. The van der Waals surface area contributed by atoms with E-state index in [0.717, 1.165) is 27.2 Å². The lowest BCUT2D eigenvalue weighted by atomic mass is 10.1. The van der Waals surface area contributed by atoms with Crippen LogP contribution in [0.4, 0.5) is 5.69 Å². The highest BCUT2D eigenvalue weighted by molar-refractivity contribution is 9.10. The molecule has 0 radical (unpaired) electrons. The summed E-state index contributed by atoms with van der Waals surface area (Å²) < 4.78 is 35.8. The van der Waals surface area contributed by atoms with E-state index in [1.807, 2.05) is 61.5 Å². The number of ether oxygens (including phenoxy) is 1. The molecule has 8 nitrogen and oxygen atoms in total. The molecule has 0 heterocycles. The first-order chi connectivity index (χ1) is 21.2. The van der Waals surface area contributed by atoms with E-state index in [9.17, 15) is 18.0 Å². The third-order valence-corrected chi connectivity index (χ3v) is 9.29. The van der Waals surface area contributed by atoms with Gasteiger partial charge in [0.15, 0.2) is 0 Å². The first kappa shape index (κ1) is 32.8. The molecule has 4 aromatic carbocycles. The van der Waals surface area contributed by atoms with Gasteiger partial charge >= 0.3 is 0 Å². The monoisotopic (exact) mass is 677 g/mol. The van der Waals surface area contributed by atoms with Crippen molar-refractivity contribution in [3.05, 3.63) is 119 Å². The number of halogens is 1. The summed E-state index contributed by atoms with van der Waals surface area (Å²) in [6.07, 6.45) is 1.73. The van der Waals surface area contributed by atoms with Gasteiger partial charge in [0.25, 0.3) is 10.0 Å². The smallest absolute Gasteiger partial charge is 0.264 e. The predicted octanol–water partition coefficient (Wildman–Crippen LogP) is 6.77. The van der Waals surface area contributed by atoms with Crippen LogP contribution >= 0.6 is 15.9 Å². The lowest BCUT2D eigenvalue weighted by molar-refractivity contribution is -0.139. The highest BCUT2D eigenvalue weighted by atomic mass is 79.9. The molecule has 0 spiro atoms. The van der Waals surface area contributed by atoms with Crippen molar-refractivity contribution >= 4 is 43.5 Å². The molecule has 44 heavy (non-hydrogen) atoms. The Morgan fingerprint density at radius 3 is 2.05 bits per heavy atom. The second kappa shape index (κ2) is 15.5. The molecular weight excluding hydrogens is 642 g/mol. The Balaban J connectivity index is 1.66. The molecule has 1 N–H and O–H groups in total. The van der Waals surface area contributed by atoms with Crippen molar-refractivity contribution in [2.45, 2.75) is 44.2 Å². The van der Waals surface area contributed by atoms with Crippen molar-refractivity contribution in [2.24, 2.45) is 0 Å². The topological polar surface area (TPSA) is 96.0 Å². The Labute approximate surface area is 267 Å². The Morgan fingerprint density at radius 1 is 0.841 bits per heavy atom. The molecule has 1 atom stereocenters. The minimum atomic E-state index is -4.16. The van der Waals surface area contributed by atoms with Gasteiger partial charge in [-0.15, -0.1) is 0 Å². The second-order valence-corrected chi connectivity index (χ2v) is 13.0. The fourth-order valence-electron chi connectivity index (χ4n) is 4.46. The van der Waals surface area contributed by atoms with E-state index in [2.05, 4.69) is 21.2 Å². The third kappa shape index (κ3) is 8.70. The predicted molar refractivity (Wildman–Crippen MR) is 176 cm³/mol. The van der Waals surface area contributed by atoms with Gasteiger partial charge in [0.1, 0.15) is 24.1 Å². The molecule has 0 bridgehead atoms. The Hall–Kier alpha value is -4.15. The zero-order valence-electron chi connectivity index (χ0n) is 24.7. The summed E-state index contributed by atoms with van der Waals surface area (Å²) in [4.78, 5) is 28.6. The Bertz CT molecular complexity index is 1620. The van der Waals surface area contributed by atoms with E-state index in [1.54, 1.807) is 49.4 Å². The number of hydrogen-bond donors (Lipinski definition) is 1. The van der Waals surface area contributed by atoms with Gasteiger partial charge in [0.05, 0.1) is 10.6 Å². The van der Waals surface area contributed by atoms with Crippen LogP contribution in [0.2, 0.25) is 0 Å². The molecule has 230 valence electrons. The zero-order valence-corrected chi connectivity index (χ0v) is 27.1. The van der Waals surface area contributed by atoms with Crippen LogP contribution < -0.4 is 14.4 Å². The lowest BCUT2D eigenvalue weighted by Crippen LogP contribution is -2.51. The van der Waals surface area contributed by atoms with Gasteiger partial charge in [-0.25, -0.2) is 8.42 Å². The average Bonchev–Trinajstić information content (AvgIpc) is 3.04. The second-order valence-electron chi connectivity index (χ2n) is 10.2. The van der Waals surface area contributed by atoms with Gasteiger partial charge in [-0.1, -0.05) is 77.8 Å². The SMILES string of the molecule is CCCCNC(=O)[C@@H](C)N(Cc1ccc(Br)cc1)C(=O)CN(c1ccc(Oc2ccccc2)cc1)S(=O)(=O)c1ccccc1. The first-order valence-corrected chi connectivity index (χ1v) is 16.6. The maximum Gasteiger partial charge on any atom is 0.264 e. The van der Waals surface area contributed by atoms with Gasteiger partial charge in [0, 0.05) is 17.6 Å². The minimum Gasteiger partial charge on any atom is -0.457 e. The first-order valence-electron chi connectivity index (χ1n) is 14.4. The van der Waals surface area contributed by atoms with E-state index in [4.69, 9.17) is 4.74 Å². The fraction of sp³-hybridized carbons (Fsp3) is 0.235. The van der Waals surface area contributed by atoms with Crippen molar-refractivity contribution in [2.75, 3.05) is 17.4 Å². The number of rotatable bonds is 14. The molecule has 0 unspecified atom stereocenters. The van der Waals surface area contributed by atoms with Crippen LogP contribution in [0.15, 0.2) is 119 Å². The molecule has 0 aliphatic heterocycles. The third-order valence-electron chi connectivity index (χ3n) is 6.98. The summed E-state index contributed by atoms with van der Waals surface area (Å²) in [5, 5.41) is 2.89. The quantitative estimate of drug-likeness (QED) is 0.149. The standard InChI is InChI=1S/C34H36BrN3O5S/c1-3-4-23-36-34(40)26(2)37(24-27-15-17-28(35)18-16-27)33(39)25-38(44(41,42)32-13-9-6-10-14-32)29-19-21-31(22-20-29)43-30-11-7-5-8-12-30/h5-22,26H,3-4,23-25H2,1-2H3,(H,36,40)/t26-/m1/s1. The van der Waals surface area contributed by atoms with Crippen molar-refractivity contribution in [1.29, 1.82) is 0 Å². The molecule has 4 rings (SSSR count). The summed E-state index contributed by atoms with van der Waals surface area (Å²) >= 11 is 3.43. The summed E-state index contributed by atoms with van der Waals surface area (Å²) in [7, 11) is -4.16. The van der Waals surface area contributed by atoms with Gasteiger partial charge < -0.3 is 15.0 Å². The Kier molecular flexibility index (Phi) is 11.6. The number of benzene rings is 4. The number of hydrogen-bond acceptors (Lipinski definition) is 5. The Morgan fingerprint density at radius 2 is 1.43 bits per heavy atom. The molecular formula is C34H36BrN3O5S. The minimum absolute atomic E-state index is 0.0437. The molecule has 0 aliphatic carbocycles.